The van der Waals surface area contributed by atoms with Crippen molar-refractivity contribution in [2.24, 2.45) is 0 Å². The number of carbonyl (C=O) groups is 2. The maximum atomic E-state index is 13.3. The molecule has 2 fully saturated rings. The van der Waals surface area contributed by atoms with Crippen LogP contribution in [0.2, 0.25) is 0 Å². The van der Waals surface area contributed by atoms with E-state index >= 15 is 0 Å². The fourth-order valence-corrected chi connectivity index (χ4v) is 6.67. The monoisotopic (exact) mass is 555 g/mol. The maximum Gasteiger partial charge on any atom is 0.247 e. The number of hydrogen-bond donors (Lipinski definition) is 3. The van der Waals surface area contributed by atoms with Crippen LogP contribution in [0.1, 0.15) is 55.7 Å². The van der Waals surface area contributed by atoms with E-state index in [9.17, 15) is 14.7 Å². The number of piperidine rings is 1. The number of aromatic hydroxyl groups is 1. The highest BCUT2D eigenvalue weighted by Crippen LogP contribution is 2.37. The van der Waals surface area contributed by atoms with Crippen molar-refractivity contribution in [2.75, 3.05) is 31.2 Å². The molecule has 8 nitrogen and oxygen atoms in total. The number of rotatable bonds is 6. The van der Waals surface area contributed by atoms with Crippen LogP contribution in [0.15, 0.2) is 73.1 Å². The third-order valence-electron chi connectivity index (χ3n) is 8.72. The zero-order chi connectivity index (χ0) is 28.8. The first-order valence-corrected chi connectivity index (χ1v) is 14.9. The lowest BCUT2D eigenvalue weighted by molar-refractivity contribution is -0.126. The molecule has 2 atom stereocenters. The molecule has 1 aromatic heterocycles. The number of aryl methyl sites for hydroxylation is 1. The van der Waals surface area contributed by atoms with Crippen LogP contribution in [-0.4, -0.2) is 64.7 Å². The van der Waals surface area contributed by atoms with Gasteiger partial charge in [-0.1, -0.05) is 44.2 Å². The van der Waals surface area contributed by atoms with Gasteiger partial charge in [-0.2, -0.15) is 0 Å². The molecule has 3 aromatic rings. The van der Waals surface area contributed by atoms with Crippen molar-refractivity contribution in [1.82, 2.24) is 20.5 Å². The predicted octanol–water partition coefficient (Wildman–Crippen LogP) is 4.00. The molecule has 2 unspecified atom stereocenters. The van der Waals surface area contributed by atoms with Crippen molar-refractivity contribution in [2.45, 2.75) is 63.5 Å². The quantitative estimate of drug-likeness (QED) is 0.426. The molecule has 3 N–H and O–H groups in total. The van der Waals surface area contributed by atoms with Gasteiger partial charge in [-0.25, -0.2) is 0 Å². The number of benzene rings is 2. The van der Waals surface area contributed by atoms with Crippen molar-refractivity contribution in [1.29, 1.82) is 0 Å². The number of carbonyl (C=O) groups excluding carboxylic acids is 2. The fourth-order valence-electron chi connectivity index (χ4n) is 6.67. The van der Waals surface area contributed by atoms with Gasteiger partial charge in [0.05, 0.1) is 13.2 Å². The predicted molar refractivity (Wildman–Crippen MR) is 161 cm³/mol. The number of amides is 2. The molecule has 0 saturated carbocycles. The number of likely N-dealkylation sites (tertiary alicyclic amines) is 1. The van der Waals surface area contributed by atoms with Crippen LogP contribution in [0.5, 0.6) is 5.75 Å². The zero-order valence-corrected chi connectivity index (χ0v) is 24.1. The average molecular weight is 556 g/mol. The molecule has 8 heteroatoms. The number of aromatic nitrogens is 1. The molecule has 2 aliphatic heterocycles. The van der Waals surface area contributed by atoms with Crippen molar-refractivity contribution < 1.29 is 14.7 Å². The first kappa shape index (κ1) is 28.6. The van der Waals surface area contributed by atoms with E-state index in [1.807, 2.05) is 68.6 Å². The molecule has 2 amide bonds. The molecule has 216 valence electrons. The number of nitrogens with zero attached hydrogens (tertiary/aromatic N) is 3. The van der Waals surface area contributed by atoms with Crippen molar-refractivity contribution in [3.05, 3.63) is 89.7 Å². The van der Waals surface area contributed by atoms with Crippen LogP contribution < -0.4 is 15.5 Å². The van der Waals surface area contributed by atoms with Crippen LogP contribution in [0.3, 0.4) is 0 Å². The van der Waals surface area contributed by atoms with Gasteiger partial charge in [0, 0.05) is 43.1 Å². The molecule has 3 heterocycles. The summed E-state index contributed by atoms with van der Waals surface area (Å²) in [4.78, 5) is 34.9. The van der Waals surface area contributed by atoms with Crippen LogP contribution in [0.25, 0.3) is 0 Å². The van der Waals surface area contributed by atoms with Gasteiger partial charge >= 0.3 is 0 Å². The van der Waals surface area contributed by atoms with Crippen LogP contribution >= 0.6 is 0 Å². The molecule has 41 heavy (non-hydrogen) atoms. The molecule has 0 radical (unpaired) electrons. The lowest BCUT2D eigenvalue weighted by Gasteiger charge is -2.43. The number of fused-ring (bicyclic) bond motifs is 1. The molecular weight excluding hydrogens is 514 g/mol. The second-order valence-corrected chi connectivity index (χ2v) is 11.0. The molecule has 2 saturated heterocycles. The normalized spacial score (nSPS) is 21.4. The van der Waals surface area contributed by atoms with E-state index < -0.39 is 5.54 Å². The van der Waals surface area contributed by atoms with E-state index in [1.54, 1.807) is 12.3 Å². The molecule has 1 aliphatic carbocycles. The summed E-state index contributed by atoms with van der Waals surface area (Å²) < 4.78 is 0. The molecule has 6 rings (SSSR count). The van der Waals surface area contributed by atoms with Crippen LogP contribution in [0.4, 0.5) is 5.69 Å². The SMILES string of the molecule is CC.O=C(CN1CCC2(CC1)C(=O)NCN2c1ccccc1)NC1CCc2cc(O)ccc2C1Cc1cccnc1. The Labute approximate surface area is 242 Å². The Hall–Kier alpha value is -3.91. The smallest absolute Gasteiger partial charge is 0.247 e. The van der Waals surface area contributed by atoms with E-state index in [1.165, 1.54) is 5.56 Å². The first-order valence-electron chi connectivity index (χ1n) is 14.9. The van der Waals surface area contributed by atoms with Crippen molar-refractivity contribution in [3.63, 3.8) is 0 Å². The van der Waals surface area contributed by atoms with Gasteiger partial charge in [0.2, 0.25) is 11.8 Å². The molecular formula is C33H41N5O3. The third kappa shape index (κ3) is 6.07. The van der Waals surface area contributed by atoms with Crippen LogP contribution in [-0.2, 0) is 22.4 Å². The highest BCUT2D eigenvalue weighted by molar-refractivity contribution is 5.93. The van der Waals surface area contributed by atoms with Gasteiger partial charge in [0.1, 0.15) is 11.3 Å². The number of phenolic OH excluding ortho intramolecular Hbond substituents is 1. The third-order valence-corrected chi connectivity index (χ3v) is 8.72. The average Bonchev–Trinajstić information content (AvgIpc) is 3.32. The summed E-state index contributed by atoms with van der Waals surface area (Å²) >= 11 is 0. The number of para-hydroxylation sites is 1. The summed E-state index contributed by atoms with van der Waals surface area (Å²) in [5.74, 6) is 0.487. The second-order valence-electron chi connectivity index (χ2n) is 11.0. The van der Waals surface area contributed by atoms with Crippen LogP contribution in [0, 0.1) is 0 Å². The Balaban J connectivity index is 0.00000165. The van der Waals surface area contributed by atoms with E-state index in [4.69, 9.17) is 0 Å². The number of pyridine rings is 1. The number of nitrogens with one attached hydrogen (secondary N) is 2. The Morgan fingerprint density at radius 1 is 1.10 bits per heavy atom. The Morgan fingerprint density at radius 3 is 2.61 bits per heavy atom. The Bertz CT molecular complexity index is 1330. The van der Waals surface area contributed by atoms with Crippen molar-refractivity contribution >= 4 is 17.5 Å². The molecule has 1 spiro atoms. The Kier molecular flexibility index (Phi) is 8.88. The topological polar surface area (TPSA) is 97.8 Å². The minimum atomic E-state index is -0.554. The van der Waals surface area contributed by atoms with E-state index in [0.717, 1.165) is 36.1 Å². The van der Waals surface area contributed by atoms with E-state index in [-0.39, 0.29) is 29.5 Å². The largest absolute Gasteiger partial charge is 0.508 e. The minimum absolute atomic E-state index is 0.0000591. The van der Waals surface area contributed by atoms with Gasteiger partial charge in [0.15, 0.2) is 0 Å². The van der Waals surface area contributed by atoms with Crippen molar-refractivity contribution in [3.8, 4) is 5.75 Å². The summed E-state index contributed by atoms with van der Waals surface area (Å²) in [6.07, 6.45) is 7.43. The number of phenols is 1. The zero-order valence-electron chi connectivity index (χ0n) is 24.1. The van der Waals surface area contributed by atoms with Gasteiger partial charge in [-0.3, -0.25) is 19.5 Å². The van der Waals surface area contributed by atoms with Gasteiger partial charge in [-0.15, -0.1) is 0 Å². The fraction of sp³-hybridized carbons (Fsp3) is 0.424. The van der Waals surface area contributed by atoms with E-state index in [0.29, 0.717) is 39.1 Å². The maximum absolute atomic E-state index is 13.3. The summed E-state index contributed by atoms with van der Waals surface area (Å²) in [6.45, 7) is 6.22. The molecule has 3 aliphatic rings. The summed E-state index contributed by atoms with van der Waals surface area (Å²) in [7, 11) is 0. The first-order chi connectivity index (χ1) is 20.0. The Morgan fingerprint density at radius 2 is 1.88 bits per heavy atom. The van der Waals surface area contributed by atoms with E-state index in [2.05, 4.69) is 31.5 Å². The molecule has 0 bridgehead atoms. The summed E-state index contributed by atoms with van der Waals surface area (Å²) in [5.41, 5.74) is 3.95. The minimum Gasteiger partial charge on any atom is -0.508 e. The molecule has 2 aromatic carbocycles. The lowest BCUT2D eigenvalue weighted by atomic mass is 9.76. The summed E-state index contributed by atoms with van der Waals surface area (Å²) in [5, 5.41) is 16.4. The van der Waals surface area contributed by atoms with Gasteiger partial charge < -0.3 is 20.6 Å². The number of hydrogen-bond acceptors (Lipinski definition) is 6. The van der Waals surface area contributed by atoms with Gasteiger partial charge in [0.25, 0.3) is 0 Å². The second kappa shape index (κ2) is 12.7. The number of anilines is 1. The summed E-state index contributed by atoms with van der Waals surface area (Å²) in [6, 6.07) is 19.7. The van der Waals surface area contributed by atoms with Gasteiger partial charge in [-0.05, 0) is 79.1 Å². The standard InChI is InChI=1S/C31H35N5O3.C2H6/c37-25-9-10-26-23(18-25)8-11-28(27(26)17-22-5-4-14-32-19-22)34-29(38)20-35-15-12-31(13-16-35)30(39)33-21-36(31)24-6-2-1-3-7-24;1-2/h1-7,9-10,14,18-19,27-28,37H,8,11-13,15-17,20-21H2,(H,33,39)(H,34,38);1-2H3. The lowest BCUT2D eigenvalue weighted by Crippen LogP contribution is -2.57. The highest BCUT2D eigenvalue weighted by atomic mass is 16.3. The highest BCUT2D eigenvalue weighted by Gasteiger charge is 2.50.